The molecule has 0 bridgehead atoms. The molecule has 42 heavy (non-hydrogen) atoms. The minimum absolute atomic E-state index is 1.29. The molecular formula is C38H38S4. The molecule has 0 aliphatic heterocycles. The maximum atomic E-state index is 2.46. The summed E-state index contributed by atoms with van der Waals surface area (Å²) in [5.41, 5.74) is 8.05. The second kappa shape index (κ2) is 13.1. The van der Waals surface area contributed by atoms with E-state index in [4.69, 9.17) is 0 Å². The molecule has 7 rings (SSSR count). The van der Waals surface area contributed by atoms with Crippen LogP contribution in [0.25, 0.3) is 61.9 Å². The summed E-state index contributed by atoms with van der Waals surface area (Å²) in [4.78, 5) is 8.27. The molecule has 4 heterocycles. The van der Waals surface area contributed by atoms with Crippen LogP contribution in [-0.2, 0) is 0 Å². The van der Waals surface area contributed by atoms with Gasteiger partial charge in [0.05, 0.1) is 0 Å². The summed E-state index contributed by atoms with van der Waals surface area (Å²) in [6, 6.07) is 31.5. The Balaban J connectivity index is 0.000000847. The fourth-order valence-corrected chi connectivity index (χ4v) is 10.4. The van der Waals surface area contributed by atoms with Gasteiger partial charge in [0, 0.05) is 60.6 Å². The van der Waals surface area contributed by atoms with Crippen LogP contribution in [0.5, 0.6) is 0 Å². The summed E-state index contributed by atoms with van der Waals surface area (Å²) in [6.07, 6.45) is 0. The number of benzene rings is 3. The van der Waals surface area contributed by atoms with Crippen molar-refractivity contribution in [1.29, 1.82) is 0 Å². The van der Waals surface area contributed by atoms with Crippen molar-refractivity contribution in [3.05, 3.63) is 106 Å². The van der Waals surface area contributed by atoms with Crippen molar-refractivity contribution in [3.8, 4) is 41.8 Å². The Morgan fingerprint density at radius 1 is 0.429 bits per heavy atom. The molecule has 0 radical (unpaired) electrons. The first kappa shape index (κ1) is 30.4. The third kappa shape index (κ3) is 5.54. The van der Waals surface area contributed by atoms with Gasteiger partial charge in [0.1, 0.15) is 0 Å². The minimum atomic E-state index is 1.29. The Morgan fingerprint density at radius 3 is 1.10 bits per heavy atom. The smallest absolute Gasteiger partial charge is 0.0475 e. The maximum Gasteiger partial charge on any atom is 0.0475 e. The first-order valence-corrected chi connectivity index (χ1v) is 18.0. The summed E-state index contributed by atoms with van der Waals surface area (Å²) in [5.74, 6) is 0. The molecule has 0 saturated heterocycles. The quantitative estimate of drug-likeness (QED) is 0.183. The fraction of sp³-hybridized carbons (Fsp3) is 0.211. The number of aryl methyl sites for hydroxylation is 4. The molecule has 0 fully saturated rings. The van der Waals surface area contributed by atoms with Crippen molar-refractivity contribution in [2.75, 3.05) is 0 Å². The van der Waals surface area contributed by atoms with Gasteiger partial charge in [-0.2, -0.15) is 0 Å². The lowest BCUT2D eigenvalue weighted by Gasteiger charge is -2.12. The van der Waals surface area contributed by atoms with Gasteiger partial charge in [0.15, 0.2) is 0 Å². The van der Waals surface area contributed by atoms with E-state index in [1.54, 1.807) is 0 Å². The van der Waals surface area contributed by atoms with Crippen LogP contribution in [0.2, 0.25) is 0 Å². The van der Waals surface area contributed by atoms with Gasteiger partial charge in [0.25, 0.3) is 0 Å². The van der Waals surface area contributed by atoms with E-state index in [1.165, 1.54) is 82.8 Å². The van der Waals surface area contributed by atoms with Gasteiger partial charge in [-0.05, 0) is 74.2 Å². The molecule has 0 amide bonds. The van der Waals surface area contributed by atoms with Crippen molar-refractivity contribution >= 4 is 65.5 Å². The van der Waals surface area contributed by atoms with Crippen molar-refractivity contribution in [1.82, 2.24) is 0 Å². The lowest BCUT2D eigenvalue weighted by molar-refractivity contribution is 1.50. The first-order valence-electron chi connectivity index (χ1n) is 14.8. The van der Waals surface area contributed by atoms with Gasteiger partial charge >= 0.3 is 0 Å². The highest BCUT2D eigenvalue weighted by Gasteiger charge is 2.23. The number of hydrogen-bond donors (Lipinski definition) is 0. The van der Waals surface area contributed by atoms with E-state index in [9.17, 15) is 0 Å². The molecule has 0 aliphatic carbocycles. The zero-order valence-electron chi connectivity index (χ0n) is 25.7. The Labute approximate surface area is 267 Å². The fourth-order valence-electron chi connectivity index (χ4n) is 5.55. The molecule has 0 atom stereocenters. The van der Waals surface area contributed by atoms with E-state index in [-0.39, 0.29) is 0 Å². The van der Waals surface area contributed by atoms with Gasteiger partial charge in [-0.3, -0.25) is 0 Å². The van der Waals surface area contributed by atoms with Crippen molar-refractivity contribution in [3.63, 3.8) is 0 Å². The van der Waals surface area contributed by atoms with Crippen LogP contribution in [0.3, 0.4) is 0 Å². The number of fused-ring (bicyclic) bond motifs is 2. The molecule has 0 aliphatic rings. The molecule has 0 nitrogen and oxygen atoms in total. The molecule has 3 aromatic carbocycles. The summed E-state index contributed by atoms with van der Waals surface area (Å²) in [7, 11) is 0. The zero-order valence-corrected chi connectivity index (χ0v) is 29.0. The van der Waals surface area contributed by atoms with Gasteiger partial charge in [-0.1, -0.05) is 88.4 Å². The standard InChI is InChI=1S/C34H26S4.2C2H6/c1-19-15-21(3)35-31(19)27-17-25-29(23-11-7-5-8-12-23)34-26(18-28(38-34)32-20(2)16-22(4)36-32)30(33(25)37-27)24-13-9-6-10-14-24;2*1-2/h5-18H,1-4H3;2*1-2H3. The van der Waals surface area contributed by atoms with Gasteiger partial charge < -0.3 is 0 Å². The van der Waals surface area contributed by atoms with E-state index in [2.05, 4.69) is 113 Å². The first-order chi connectivity index (χ1) is 20.5. The minimum Gasteiger partial charge on any atom is -0.139 e. The van der Waals surface area contributed by atoms with Crippen LogP contribution in [0.1, 0.15) is 48.6 Å². The molecule has 4 aromatic heterocycles. The Hall–Kier alpha value is -3.02. The average molecular weight is 623 g/mol. The van der Waals surface area contributed by atoms with E-state index < -0.39 is 0 Å². The number of hydrogen-bond acceptors (Lipinski definition) is 4. The molecule has 0 unspecified atom stereocenters. The Bertz CT molecular complexity index is 1750. The van der Waals surface area contributed by atoms with Crippen molar-refractivity contribution in [2.45, 2.75) is 55.4 Å². The molecule has 0 spiro atoms. The molecule has 7 aromatic rings. The summed E-state index contributed by atoms with van der Waals surface area (Å²) in [6.45, 7) is 16.9. The number of thiophene rings is 4. The van der Waals surface area contributed by atoms with Crippen LogP contribution in [0.15, 0.2) is 84.9 Å². The van der Waals surface area contributed by atoms with Crippen molar-refractivity contribution < 1.29 is 0 Å². The molecular weight excluding hydrogens is 585 g/mol. The topological polar surface area (TPSA) is 0 Å². The maximum absolute atomic E-state index is 2.46. The highest BCUT2D eigenvalue weighted by molar-refractivity contribution is 7.28. The molecule has 214 valence electrons. The third-order valence-electron chi connectivity index (χ3n) is 7.11. The number of rotatable bonds is 4. The van der Waals surface area contributed by atoms with Crippen LogP contribution in [-0.4, -0.2) is 0 Å². The van der Waals surface area contributed by atoms with E-state index in [0.717, 1.165) is 0 Å². The van der Waals surface area contributed by atoms with Gasteiger partial charge in [-0.25, -0.2) is 0 Å². The van der Waals surface area contributed by atoms with Crippen molar-refractivity contribution in [2.24, 2.45) is 0 Å². The van der Waals surface area contributed by atoms with Crippen LogP contribution in [0.4, 0.5) is 0 Å². The molecule has 4 heteroatoms. The second-order valence-corrected chi connectivity index (χ2v) is 14.5. The van der Waals surface area contributed by atoms with E-state index >= 15 is 0 Å². The highest BCUT2D eigenvalue weighted by atomic mass is 32.1. The highest BCUT2D eigenvalue weighted by Crippen LogP contribution is 2.53. The van der Waals surface area contributed by atoms with E-state index in [0.29, 0.717) is 0 Å². The predicted molar refractivity (Wildman–Crippen MR) is 196 cm³/mol. The lowest BCUT2D eigenvalue weighted by Crippen LogP contribution is -1.85. The van der Waals surface area contributed by atoms with Crippen LogP contribution in [0, 0.1) is 27.7 Å². The Morgan fingerprint density at radius 2 is 0.786 bits per heavy atom. The normalized spacial score (nSPS) is 10.9. The van der Waals surface area contributed by atoms with Gasteiger partial charge in [0.2, 0.25) is 0 Å². The van der Waals surface area contributed by atoms with Gasteiger partial charge in [-0.15, -0.1) is 45.3 Å². The molecule has 0 saturated carbocycles. The third-order valence-corrected chi connectivity index (χ3v) is 12.1. The monoisotopic (exact) mass is 622 g/mol. The Kier molecular flexibility index (Phi) is 9.49. The second-order valence-electron chi connectivity index (χ2n) is 9.93. The zero-order chi connectivity index (χ0) is 30.0. The average Bonchev–Trinajstić information content (AvgIpc) is 3.79. The largest absolute Gasteiger partial charge is 0.139 e. The SMILES string of the molecule is CC.CC.Cc1cc(C)c(-c2cc3c(-c4ccccc4)c4sc(-c5sc(C)cc5C)cc4c(-c4ccccc4)c3s2)s1. The summed E-state index contributed by atoms with van der Waals surface area (Å²) >= 11 is 7.73. The van der Waals surface area contributed by atoms with Crippen LogP contribution >= 0.6 is 45.3 Å². The predicted octanol–water partition coefficient (Wildman–Crippen LogP) is 14.2. The van der Waals surface area contributed by atoms with Crippen LogP contribution < -0.4 is 0 Å². The van der Waals surface area contributed by atoms with E-state index in [1.807, 2.05) is 73.0 Å². The summed E-state index contributed by atoms with van der Waals surface area (Å²) < 4.78 is 2.76. The lowest BCUT2D eigenvalue weighted by atomic mass is 9.93. The summed E-state index contributed by atoms with van der Waals surface area (Å²) in [5, 5.41) is 2.72. The molecule has 0 N–H and O–H groups in total.